The molecule has 0 saturated carbocycles. The van der Waals surface area contributed by atoms with Gasteiger partial charge in [-0.25, -0.2) is 0 Å². The van der Waals surface area contributed by atoms with Gasteiger partial charge in [-0.15, -0.1) is 0 Å². The fraction of sp³-hybridized carbons (Fsp3) is 0.333. The van der Waals surface area contributed by atoms with Crippen LogP contribution in [0, 0.1) is 0 Å². The average Bonchev–Trinajstić information content (AvgIpc) is 2.29. The normalized spacial score (nSPS) is 18.4. The van der Waals surface area contributed by atoms with Gasteiger partial charge in [0.15, 0.2) is 11.9 Å². The van der Waals surface area contributed by atoms with Gasteiger partial charge in [0.2, 0.25) is 0 Å². The lowest BCUT2D eigenvalue weighted by Gasteiger charge is -2.23. The van der Waals surface area contributed by atoms with Gasteiger partial charge < -0.3 is 10.1 Å². The Labute approximate surface area is 93.6 Å². The van der Waals surface area contributed by atoms with E-state index in [0.29, 0.717) is 23.4 Å². The maximum Gasteiger partial charge on any atom is 0.265 e. The number of carbonyl (C=O) groups excluding carboxylic acids is 2. The predicted molar refractivity (Wildman–Crippen MR) is 59.8 cm³/mol. The van der Waals surface area contributed by atoms with E-state index in [4.69, 9.17) is 4.74 Å². The molecular formula is C12H13NO3. The molecule has 0 aromatic heterocycles. The molecule has 0 bridgehead atoms. The molecule has 1 N–H and O–H groups in total. The molecule has 4 heteroatoms. The summed E-state index contributed by atoms with van der Waals surface area (Å²) in [7, 11) is 0. The predicted octanol–water partition coefficient (Wildman–Crippen LogP) is 2.00. The fourth-order valence-electron chi connectivity index (χ4n) is 1.59. The van der Waals surface area contributed by atoms with Gasteiger partial charge in [0.05, 0.1) is 5.69 Å². The molecular weight excluding hydrogens is 206 g/mol. The lowest BCUT2D eigenvalue weighted by atomic mass is 10.1. The van der Waals surface area contributed by atoms with Crippen molar-refractivity contribution >= 4 is 17.4 Å². The van der Waals surface area contributed by atoms with E-state index in [1.165, 1.54) is 0 Å². The van der Waals surface area contributed by atoms with Gasteiger partial charge in [-0.2, -0.15) is 0 Å². The van der Waals surface area contributed by atoms with Crippen molar-refractivity contribution in [3.8, 4) is 5.75 Å². The minimum Gasteiger partial charge on any atom is -0.479 e. The molecule has 4 nitrogen and oxygen atoms in total. The van der Waals surface area contributed by atoms with Gasteiger partial charge in [-0.3, -0.25) is 9.59 Å². The van der Waals surface area contributed by atoms with E-state index in [9.17, 15) is 9.59 Å². The van der Waals surface area contributed by atoms with Crippen LogP contribution < -0.4 is 10.1 Å². The van der Waals surface area contributed by atoms with Gasteiger partial charge in [0.25, 0.3) is 5.91 Å². The lowest BCUT2D eigenvalue weighted by molar-refractivity contribution is -0.122. The highest BCUT2D eigenvalue weighted by Gasteiger charge is 2.23. The number of ketones is 1. The summed E-state index contributed by atoms with van der Waals surface area (Å²) < 4.78 is 5.39. The molecule has 0 fully saturated rings. The molecule has 84 valence electrons. The fourth-order valence-corrected chi connectivity index (χ4v) is 1.59. The zero-order valence-electron chi connectivity index (χ0n) is 9.24. The zero-order valence-corrected chi connectivity index (χ0v) is 9.24. The summed E-state index contributed by atoms with van der Waals surface area (Å²) in [5.74, 6) is 0.476. The molecule has 0 spiro atoms. The molecule has 1 amide bonds. The zero-order chi connectivity index (χ0) is 11.7. The molecule has 1 aliphatic rings. The highest BCUT2D eigenvalue weighted by Crippen LogP contribution is 2.30. The summed E-state index contributed by atoms with van der Waals surface area (Å²) in [5, 5.41) is 2.71. The molecule has 16 heavy (non-hydrogen) atoms. The van der Waals surface area contributed by atoms with Crippen molar-refractivity contribution in [2.45, 2.75) is 26.4 Å². The third kappa shape index (κ3) is 1.78. The molecule has 1 unspecified atom stereocenters. The smallest absolute Gasteiger partial charge is 0.265 e. The van der Waals surface area contributed by atoms with Crippen LogP contribution in [0.2, 0.25) is 0 Å². The number of nitrogens with one attached hydrogen (secondary N) is 1. The van der Waals surface area contributed by atoms with E-state index in [1.54, 1.807) is 32.0 Å². The van der Waals surface area contributed by atoms with E-state index in [1.807, 2.05) is 0 Å². The number of benzene rings is 1. The third-order valence-corrected chi connectivity index (χ3v) is 2.55. The quantitative estimate of drug-likeness (QED) is 0.774. The van der Waals surface area contributed by atoms with Crippen LogP contribution in [0.25, 0.3) is 0 Å². The minimum atomic E-state index is -0.486. The number of ether oxygens (including phenoxy) is 1. The highest BCUT2D eigenvalue weighted by molar-refractivity contribution is 6.01. The first kappa shape index (κ1) is 10.7. The van der Waals surface area contributed by atoms with Gasteiger partial charge >= 0.3 is 0 Å². The Morgan fingerprint density at radius 3 is 2.94 bits per heavy atom. The molecule has 1 atom stereocenters. The monoisotopic (exact) mass is 219 g/mol. The van der Waals surface area contributed by atoms with Crippen LogP contribution in [0.5, 0.6) is 5.75 Å². The summed E-state index contributed by atoms with van der Waals surface area (Å²) in [6.45, 7) is 3.49. The van der Waals surface area contributed by atoms with Crippen LogP contribution in [-0.4, -0.2) is 17.8 Å². The van der Waals surface area contributed by atoms with Crippen molar-refractivity contribution < 1.29 is 14.3 Å². The Bertz CT molecular complexity index is 454. The van der Waals surface area contributed by atoms with E-state index in [2.05, 4.69) is 5.32 Å². The van der Waals surface area contributed by atoms with Crippen LogP contribution in [0.4, 0.5) is 5.69 Å². The Balaban J connectivity index is 2.36. The maximum atomic E-state index is 11.5. The number of hydrogen-bond acceptors (Lipinski definition) is 3. The molecule has 1 heterocycles. The third-order valence-electron chi connectivity index (χ3n) is 2.55. The van der Waals surface area contributed by atoms with Crippen molar-refractivity contribution in [2.75, 3.05) is 5.32 Å². The van der Waals surface area contributed by atoms with Crippen LogP contribution in [0.15, 0.2) is 18.2 Å². The Morgan fingerprint density at radius 1 is 1.50 bits per heavy atom. The highest BCUT2D eigenvalue weighted by atomic mass is 16.5. The second-order valence-corrected chi connectivity index (χ2v) is 3.74. The van der Waals surface area contributed by atoms with Crippen LogP contribution in [-0.2, 0) is 4.79 Å². The number of amides is 1. The van der Waals surface area contributed by atoms with Crippen molar-refractivity contribution in [1.29, 1.82) is 0 Å². The summed E-state index contributed by atoms with van der Waals surface area (Å²) in [5.41, 5.74) is 1.17. The second-order valence-electron chi connectivity index (χ2n) is 3.74. The number of Topliss-reactive ketones (excluding diaryl/α,β-unsaturated/α-hetero) is 1. The van der Waals surface area contributed by atoms with Crippen LogP contribution in [0.1, 0.15) is 30.6 Å². The lowest BCUT2D eigenvalue weighted by Crippen LogP contribution is -2.34. The minimum absolute atomic E-state index is 0.0515. The summed E-state index contributed by atoms with van der Waals surface area (Å²) in [6.07, 6.45) is -0.0375. The number of hydrogen-bond donors (Lipinski definition) is 1. The van der Waals surface area contributed by atoms with E-state index < -0.39 is 6.10 Å². The number of fused-ring (bicyclic) bond motifs is 1. The molecule has 1 aromatic rings. The van der Waals surface area contributed by atoms with Crippen molar-refractivity contribution in [2.24, 2.45) is 0 Å². The van der Waals surface area contributed by atoms with Crippen molar-refractivity contribution in [3.05, 3.63) is 23.8 Å². The van der Waals surface area contributed by atoms with Crippen molar-refractivity contribution in [3.63, 3.8) is 0 Å². The van der Waals surface area contributed by atoms with Gasteiger partial charge in [-0.05, 0) is 25.1 Å². The Hall–Kier alpha value is -1.84. The van der Waals surface area contributed by atoms with Crippen molar-refractivity contribution in [1.82, 2.24) is 0 Å². The first-order valence-corrected chi connectivity index (χ1v) is 5.26. The topological polar surface area (TPSA) is 55.4 Å². The maximum absolute atomic E-state index is 11.5. The summed E-state index contributed by atoms with van der Waals surface area (Å²) >= 11 is 0. The number of carbonyl (C=O) groups is 2. The first-order valence-electron chi connectivity index (χ1n) is 5.26. The molecule has 0 saturated heterocycles. The Morgan fingerprint density at radius 2 is 2.25 bits per heavy atom. The number of anilines is 1. The Kier molecular flexibility index (Phi) is 2.64. The molecule has 0 radical (unpaired) electrons. The number of rotatable bonds is 2. The second kappa shape index (κ2) is 3.96. The van der Waals surface area contributed by atoms with E-state index in [-0.39, 0.29) is 11.7 Å². The van der Waals surface area contributed by atoms with E-state index in [0.717, 1.165) is 0 Å². The molecule has 2 rings (SSSR count). The van der Waals surface area contributed by atoms with Crippen LogP contribution >= 0.6 is 0 Å². The average molecular weight is 219 g/mol. The van der Waals surface area contributed by atoms with Gasteiger partial charge in [0.1, 0.15) is 5.75 Å². The SMILES string of the molecule is CCC(=O)c1ccc2c(c1)NC(=O)C(C)O2. The van der Waals surface area contributed by atoms with Crippen LogP contribution in [0.3, 0.4) is 0 Å². The summed E-state index contributed by atoms with van der Waals surface area (Å²) in [6, 6.07) is 5.09. The first-order chi connectivity index (χ1) is 7.61. The summed E-state index contributed by atoms with van der Waals surface area (Å²) in [4.78, 5) is 22.9. The standard InChI is InChI=1S/C12H13NO3/c1-3-10(14)8-4-5-11-9(6-8)13-12(15)7(2)16-11/h4-7H,3H2,1-2H3,(H,13,15). The van der Waals surface area contributed by atoms with E-state index >= 15 is 0 Å². The van der Waals surface area contributed by atoms with Gasteiger partial charge in [-0.1, -0.05) is 6.92 Å². The molecule has 1 aromatic carbocycles. The molecule has 0 aliphatic carbocycles. The molecule has 1 aliphatic heterocycles. The van der Waals surface area contributed by atoms with Gasteiger partial charge in [0, 0.05) is 12.0 Å². The largest absolute Gasteiger partial charge is 0.479 e.